The van der Waals surface area contributed by atoms with E-state index in [1.165, 1.54) is 10.9 Å². The number of fused-ring (bicyclic) bond motifs is 2. The first-order valence-electron chi connectivity index (χ1n) is 9.28. The summed E-state index contributed by atoms with van der Waals surface area (Å²) in [7, 11) is 0. The number of carbonyl (C=O) groups is 1. The summed E-state index contributed by atoms with van der Waals surface area (Å²) in [5, 5.41) is 3.35. The van der Waals surface area contributed by atoms with Gasteiger partial charge in [0.1, 0.15) is 6.54 Å². The minimum atomic E-state index is -0.316. The lowest BCUT2D eigenvalue weighted by atomic mass is 10.1. The number of anilines is 1. The van der Waals surface area contributed by atoms with Gasteiger partial charge in [-0.2, -0.15) is 0 Å². The van der Waals surface area contributed by atoms with Crippen LogP contribution in [0.15, 0.2) is 53.6 Å². The largest absolute Gasteiger partial charge is 0.310 e. The van der Waals surface area contributed by atoms with Gasteiger partial charge in [-0.25, -0.2) is 9.97 Å². The zero-order valence-electron chi connectivity index (χ0n) is 15.8. The van der Waals surface area contributed by atoms with Crippen LogP contribution in [-0.4, -0.2) is 25.0 Å². The number of hydrogen-bond donors (Lipinski definition) is 1. The lowest BCUT2D eigenvalue weighted by molar-refractivity contribution is -0.116. The van der Waals surface area contributed by atoms with Crippen molar-refractivity contribution in [2.45, 2.75) is 33.4 Å². The monoisotopic (exact) mass is 375 g/mol. The lowest BCUT2D eigenvalue weighted by Gasteiger charge is -2.10. The van der Waals surface area contributed by atoms with E-state index < -0.39 is 0 Å². The summed E-state index contributed by atoms with van der Waals surface area (Å²) in [6, 6.07) is 13.2. The second-order valence-electron chi connectivity index (χ2n) is 6.77. The van der Waals surface area contributed by atoms with Gasteiger partial charge >= 0.3 is 0 Å². The molecule has 0 unspecified atom stereocenters. The molecule has 1 amide bonds. The highest BCUT2D eigenvalue weighted by Crippen LogP contribution is 2.20. The van der Waals surface area contributed by atoms with Crippen molar-refractivity contribution >= 4 is 33.8 Å². The average Bonchev–Trinajstić information content (AvgIpc) is 3.02. The first-order chi connectivity index (χ1) is 13.6. The molecule has 2 aromatic carbocycles. The summed E-state index contributed by atoms with van der Waals surface area (Å²) in [5.41, 5.74) is 3.16. The SMILES string of the molecule is CCCn1c(NC(=O)Cn2cnc3c(C)cccc3c2=O)nc2ccccc21. The molecule has 0 fully saturated rings. The van der Waals surface area contributed by atoms with Crippen molar-refractivity contribution in [2.75, 3.05) is 5.32 Å². The zero-order chi connectivity index (χ0) is 19.7. The number of benzene rings is 2. The van der Waals surface area contributed by atoms with Crippen LogP contribution in [0.2, 0.25) is 0 Å². The number of hydrogen-bond acceptors (Lipinski definition) is 4. The molecular weight excluding hydrogens is 354 g/mol. The fourth-order valence-corrected chi connectivity index (χ4v) is 3.39. The average molecular weight is 375 g/mol. The predicted octanol–water partition coefficient (Wildman–Crippen LogP) is 3.10. The van der Waals surface area contributed by atoms with Gasteiger partial charge in [-0.15, -0.1) is 0 Å². The molecular formula is C21H21N5O2. The van der Waals surface area contributed by atoms with Gasteiger partial charge < -0.3 is 4.57 Å². The summed E-state index contributed by atoms with van der Waals surface area (Å²) in [4.78, 5) is 34.2. The van der Waals surface area contributed by atoms with Crippen LogP contribution in [0.1, 0.15) is 18.9 Å². The number of nitrogens with one attached hydrogen (secondary N) is 1. The van der Waals surface area contributed by atoms with Gasteiger partial charge in [0.2, 0.25) is 11.9 Å². The number of para-hydroxylation sites is 3. The molecule has 2 heterocycles. The Balaban J connectivity index is 1.63. The van der Waals surface area contributed by atoms with Crippen molar-refractivity contribution in [2.24, 2.45) is 0 Å². The Morgan fingerprint density at radius 1 is 1.14 bits per heavy atom. The van der Waals surface area contributed by atoms with Crippen LogP contribution in [0.4, 0.5) is 5.95 Å². The fourth-order valence-electron chi connectivity index (χ4n) is 3.39. The smallest absolute Gasteiger partial charge is 0.261 e. The standard InChI is InChI=1S/C21H21N5O2/c1-3-11-26-17-10-5-4-9-16(17)23-21(26)24-18(27)12-25-13-22-19-14(2)7-6-8-15(19)20(25)28/h4-10,13H,3,11-12H2,1-2H3,(H,23,24,27). The number of imidazole rings is 1. The minimum Gasteiger partial charge on any atom is -0.310 e. The molecule has 0 radical (unpaired) electrons. The Morgan fingerprint density at radius 2 is 1.96 bits per heavy atom. The zero-order valence-corrected chi connectivity index (χ0v) is 15.8. The Bertz CT molecular complexity index is 1240. The summed E-state index contributed by atoms with van der Waals surface area (Å²) < 4.78 is 3.31. The van der Waals surface area contributed by atoms with Crippen LogP contribution in [0, 0.1) is 6.92 Å². The van der Waals surface area contributed by atoms with Gasteiger partial charge in [-0.3, -0.25) is 19.5 Å². The van der Waals surface area contributed by atoms with E-state index in [0.717, 1.165) is 29.6 Å². The Labute approximate surface area is 161 Å². The van der Waals surface area contributed by atoms with Crippen LogP contribution in [-0.2, 0) is 17.9 Å². The van der Waals surface area contributed by atoms with Gasteiger partial charge in [0.25, 0.3) is 5.56 Å². The minimum absolute atomic E-state index is 0.120. The molecule has 4 rings (SSSR count). The van der Waals surface area contributed by atoms with Crippen molar-refractivity contribution < 1.29 is 4.79 Å². The van der Waals surface area contributed by atoms with Crippen molar-refractivity contribution in [3.63, 3.8) is 0 Å². The molecule has 7 nitrogen and oxygen atoms in total. The topological polar surface area (TPSA) is 81.8 Å². The van der Waals surface area contributed by atoms with Crippen molar-refractivity contribution in [3.8, 4) is 0 Å². The maximum atomic E-state index is 12.7. The molecule has 0 aliphatic rings. The first kappa shape index (κ1) is 17.9. The van der Waals surface area contributed by atoms with Crippen LogP contribution in [0.5, 0.6) is 0 Å². The molecule has 0 atom stereocenters. The number of nitrogens with zero attached hydrogens (tertiary/aromatic N) is 4. The van der Waals surface area contributed by atoms with Crippen LogP contribution in [0.25, 0.3) is 21.9 Å². The maximum Gasteiger partial charge on any atom is 0.261 e. The number of aryl methyl sites for hydroxylation is 2. The van der Waals surface area contributed by atoms with Crippen LogP contribution in [0.3, 0.4) is 0 Å². The van der Waals surface area contributed by atoms with E-state index in [1.807, 2.05) is 47.9 Å². The Hall–Kier alpha value is -3.48. The van der Waals surface area contributed by atoms with Gasteiger partial charge in [-0.05, 0) is 37.1 Å². The van der Waals surface area contributed by atoms with E-state index in [1.54, 1.807) is 6.07 Å². The van der Waals surface area contributed by atoms with Gasteiger partial charge in [0.05, 0.1) is 28.3 Å². The summed E-state index contributed by atoms with van der Waals surface area (Å²) in [5.74, 6) is 0.175. The summed E-state index contributed by atoms with van der Waals surface area (Å²) >= 11 is 0. The molecule has 28 heavy (non-hydrogen) atoms. The van der Waals surface area contributed by atoms with Crippen molar-refractivity contribution in [1.82, 2.24) is 19.1 Å². The van der Waals surface area contributed by atoms with E-state index in [-0.39, 0.29) is 18.0 Å². The van der Waals surface area contributed by atoms with E-state index >= 15 is 0 Å². The number of rotatable bonds is 5. The van der Waals surface area contributed by atoms with Gasteiger partial charge in [0.15, 0.2) is 0 Å². The molecule has 0 saturated carbocycles. The van der Waals surface area contributed by atoms with Gasteiger partial charge in [-0.1, -0.05) is 31.2 Å². The van der Waals surface area contributed by atoms with Crippen LogP contribution < -0.4 is 10.9 Å². The number of aromatic nitrogens is 4. The van der Waals surface area contributed by atoms with Crippen molar-refractivity contribution in [1.29, 1.82) is 0 Å². The Kier molecular flexibility index (Phi) is 4.65. The first-order valence-corrected chi connectivity index (χ1v) is 9.28. The normalized spacial score (nSPS) is 11.2. The van der Waals surface area contributed by atoms with Gasteiger partial charge in [0, 0.05) is 6.54 Å². The molecule has 0 bridgehead atoms. The van der Waals surface area contributed by atoms with Crippen molar-refractivity contribution in [3.05, 3.63) is 64.7 Å². The van der Waals surface area contributed by atoms with E-state index in [4.69, 9.17) is 0 Å². The number of carbonyl (C=O) groups excluding carboxylic acids is 1. The fraction of sp³-hybridized carbons (Fsp3) is 0.238. The molecule has 2 aromatic heterocycles. The summed E-state index contributed by atoms with van der Waals surface area (Å²) in [6.45, 7) is 4.60. The maximum absolute atomic E-state index is 12.7. The highest BCUT2D eigenvalue weighted by Gasteiger charge is 2.14. The molecule has 0 spiro atoms. The predicted molar refractivity (Wildman–Crippen MR) is 109 cm³/mol. The molecule has 142 valence electrons. The third-order valence-electron chi connectivity index (χ3n) is 4.72. The third kappa shape index (κ3) is 3.15. The molecule has 4 aromatic rings. The molecule has 1 N–H and O–H groups in total. The second kappa shape index (κ2) is 7.26. The van der Waals surface area contributed by atoms with E-state index in [0.29, 0.717) is 16.9 Å². The van der Waals surface area contributed by atoms with E-state index in [9.17, 15) is 9.59 Å². The quantitative estimate of drug-likeness (QED) is 0.581. The molecule has 0 aliphatic heterocycles. The Morgan fingerprint density at radius 3 is 2.79 bits per heavy atom. The lowest BCUT2D eigenvalue weighted by Crippen LogP contribution is -2.28. The highest BCUT2D eigenvalue weighted by atomic mass is 16.2. The highest BCUT2D eigenvalue weighted by molar-refractivity contribution is 5.91. The molecule has 7 heteroatoms. The van der Waals surface area contributed by atoms with E-state index in [2.05, 4.69) is 22.2 Å². The van der Waals surface area contributed by atoms with Crippen LogP contribution >= 0.6 is 0 Å². The number of amides is 1. The second-order valence-corrected chi connectivity index (χ2v) is 6.77. The third-order valence-corrected chi connectivity index (χ3v) is 4.72. The molecule has 0 saturated heterocycles. The molecule has 0 aliphatic carbocycles. The summed E-state index contributed by atoms with van der Waals surface area (Å²) in [6.07, 6.45) is 2.34.